The molecule has 2 aromatic rings. The molecule has 2 N–H and O–H groups in total. The molecule has 2 heterocycles. The van der Waals surface area contributed by atoms with Crippen molar-refractivity contribution in [2.75, 3.05) is 5.75 Å². The Morgan fingerprint density at radius 2 is 2.09 bits per heavy atom. The SMILES string of the molecule is CC(C)(C)C(=O)CSc1nnc(-c2cccs2)n1CCC(N)=O. The Bertz CT molecular complexity index is 687. The van der Waals surface area contributed by atoms with Crippen molar-refractivity contribution in [1.29, 1.82) is 0 Å². The average Bonchev–Trinajstić information content (AvgIpc) is 3.10. The summed E-state index contributed by atoms with van der Waals surface area (Å²) in [6.07, 6.45) is 0.206. The van der Waals surface area contributed by atoms with Gasteiger partial charge in [-0.25, -0.2) is 0 Å². The molecule has 0 unspecified atom stereocenters. The van der Waals surface area contributed by atoms with Crippen molar-refractivity contribution < 1.29 is 9.59 Å². The van der Waals surface area contributed by atoms with Crippen molar-refractivity contribution in [2.24, 2.45) is 11.1 Å². The van der Waals surface area contributed by atoms with Crippen molar-refractivity contribution in [3.05, 3.63) is 17.5 Å². The first-order chi connectivity index (χ1) is 10.8. The third kappa shape index (κ3) is 4.65. The Morgan fingerprint density at radius 3 is 2.65 bits per heavy atom. The highest BCUT2D eigenvalue weighted by Gasteiger charge is 2.23. The summed E-state index contributed by atoms with van der Waals surface area (Å²) in [5, 5.41) is 11.0. The average molecular weight is 352 g/mol. The molecule has 0 spiro atoms. The van der Waals surface area contributed by atoms with Crippen LogP contribution in [0.5, 0.6) is 0 Å². The van der Waals surface area contributed by atoms with E-state index in [1.807, 2.05) is 42.9 Å². The van der Waals surface area contributed by atoms with E-state index in [1.54, 1.807) is 11.3 Å². The van der Waals surface area contributed by atoms with Gasteiger partial charge >= 0.3 is 0 Å². The normalized spacial score (nSPS) is 11.6. The monoisotopic (exact) mass is 352 g/mol. The number of Topliss-reactive ketones (excluding diaryl/α,β-unsaturated/α-hetero) is 1. The predicted octanol–water partition coefficient (Wildman–Crippen LogP) is 2.59. The lowest BCUT2D eigenvalue weighted by atomic mass is 9.92. The quantitative estimate of drug-likeness (QED) is 0.773. The number of hydrogen-bond acceptors (Lipinski definition) is 6. The lowest BCUT2D eigenvalue weighted by Crippen LogP contribution is -2.22. The predicted molar refractivity (Wildman–Crippen MR) is 92.3 cm³/mol. The van der Waals surface area contributed by atoms with E-state index in [0.29, 0.717) is 23.3 Å². The van der Waals surface area contributed by atoms with E-state index in [2.05, 4.69) is 10.2 Å². The molecule has 0 atom stereocenters. The highest BCUT2D eigenvalue weighted by molar-refractivity contribution is 7.99. The van der Waals surface area contributed by atoms with Crippen LogP contribution in [0.3, 0.4) is 0 Å². The molecule has 0 aliphatic heterocycles. The number of amides is 1. The van der Waals surface area contributed by atoms with Crippen molar-refractivity contribution in [2.45, 2.75) is 38.9 Å². The molecule has 2 aromatic heterocycles. The van der Waals surface area contributed by atoms with Gasteiger partial charge in [0.1, 0.15) is 5.78 Å². The number of thioether (sulfide) groups is 1. The van der Waals surface area contributed by atoms with Crippen LogP contribution in [0.4, 0.5) is 0 Å². The van der Waals surface area contributed by atoms with Crippen molar-refractivity contribution in [3.8, 4) is 10.7 Å². The van der Waals surface area contributed by atoms with Gasteiger partial charge in [-0.3, -0.25) is 9.59 Å². The van der Waals surface area contributed by atoms with Crippen LogP contribution in [0.25, 0.3) is 10.7 Å². The van der Waals surface area contributed by atoms with Crippen LogP contribution in [0.1, 0.15) is 27.2 Å². The first kappa shape index (κ1) is 17.7. The number of rotatable bonds is 7. The van der Waals surface area contributed by atoms with Crippen LogP contribution < -0.4 is 5.73 Å². The second-order valence-electron chi connectivity index (χ2n) is 6.11. The van der Waals surface area contributed by atoms with Gasteiger partial charge in [0.25, 0.3) is 0 Å². The lowest BCUT2D eigenvalue weighted by molar-refractivity contribution is -0.123. The van der Waals surface area contributed by atoms with Gasteiger partial charge in [-0.2, -0.15) is 0 Å². The zero-order chi connectivity index (χ0) is 17.0. The molecule has 0 aromatic carbocycles. The highest BCUT2D eigenvalue weighted by atomic mass is 32.2. The summed E-state index contributed by atoms with van der Waals surface area (Å²) in [5.41, 5.74) is 4.87. The molecule has 6 nitrogen and oxygen atoms in total. The molecule has 0 fully saturated rings. The summed E-state index contributed by atoms with van der Waals surface area (Å²) < 4.78 is 1.86. The first-order valence-electron chi connectivity index (χ1n) is 7.20. The Kier molecular flexibility index (Phi) is 5.59. The number of thiophene rings is 1. The minimum Gasteiger partial charge on any atom is -0.370 e. The summed E-state index contributed by atoms with van der Waals surface area (Å²) in [7, 11) is 0. The second-order valence-corrected chi connectivity index (χ2v) is 8.00. The number of carbonyl (C=O) groups is 2. The third-order valence-electron chi connectivity index (χ3n) is 3.21. The summed E-state index contributed by atoms with van der Waals surface area (Å²) in [4.78, 5) is 24.2. The van der Waals surface area contributed by atoms with Crippen LogP contribution in [0.2, 0.25) is 0 Å². The number of nitrogens with two attached hydrogens (primary N) is 1. The number of primary amides is 1. The van der Waals surface area contributed by atoms with Gasteiger partial charge in [-0.05, 0) is 11.4 Å². The van der Waals surface area contributed by atoms with Crippen LogP contribution >= 0.6 is 23.1 Å². The molecule has 0 radical (unpaired) electrons. The van der Waals surface area contributed by atoms with Gasteiger partial charge in [-0.15, -0.1) is 21.5 Å². The summed E-state index contributed by atoms with van der Waals surface area (Å²) >= 11 is 2.89. The molecule has 0 aliphatic rings. The largest absolute Gasteiger partial charge is 0.370 e. The van der Waals surface area contributed by atoms with Crippen molar-refractivity contribution >= 4 is 34.8 Å². The van der Waals surface area contributed by atoms with E-state index in [9.17, 15) is 9.59 Å². The second kappa shape index (κ2) is 7.27. The molecule has 0 aliphatic carbocycles. The third-order valence-corrected chi connectivity index (χ3v) is 5.04. The number of carbonyl (C=O) groups excluding carboxylic acids is 2. The van der Waals surface area contributed by atoms with E-state index in [1.165, 1.54) is 11.8 Å². The van der Waals surface area contributed by atoms with Crippen LogP contribution in [0.15, 0.2) is 22.7 Å². The zero-order valence-corrected chi connectivity index (χ0v) is 15.0. The number of nitrogens with zero attached hydrogens (tertiary/aromatic N) is 3. The molecular weight excluding hydrogens is 332 g/mol. The van der Waals surface area contributed by atoms with Crippen LogP contribution in [-0.2, 0) is 16.1 Å². The number of aromatic nitrogens is 3. The molecule has 0 saturated heterocycles. The van der Waals surface area contributed by atoms with Gasteiger partial charge in [0.15, 0.2) is 11.0 Å². The Balaban J connectivity index is 2.21. The maximum absolute atomic E-state index is 12.1. The summed E-state index contributed by atoms with van der Waals surface area (Å²) in [6.45, 7) is 6.09. The molecular formula is C15H20N4O2S2. The fourth-order valence-corrected chi connectivity index (χ4v) is 3.60. The highest BCUT2D eigenvalue weighted by Crippen LogP contribution is 2.28. The maximum atomic E-state index is 12.1. The van der Waals surface area contributed by atoms with Crippen molar-refractivity contribution in [1.82, 2.24) is 14.8 Å². The Hall–Kier alpha value is -1.67. The standard InChI is InChI=1S/C15H20N4O2S2/c1-15(2,3)11(20)9-23-14-18-17-13(10-5-4-8-22-10)19(14)7-6-12(16)21/h4-5,8H,6-7,9H2,1-3H3,(H2,16,21). The molecule has 124 valence electrons. The van der Waals surface area contributed by atoms with Crippen LogP contribution in [0, 0.1) is 5.41 Å². The fourth-order valence-electron chi connectivity index (χ4n) is 1.75. The molecule has 8 heteroatoms. The van der Waals surface area contributed by atoms with E-state index in [4.69, 9.17) is 5.73 Å². The minimum atomic E-state index is -0.387. The smallest absolute Gasteiger partial charge is 0.219 e. The zero-order valence-electron chi connectivity index (χ0n) is 13.4. The van der Waals surface area contributed by atoms with E-state index < -0.39 is 0 Å². The lowest BCUT2D eigenvalue weighted by Gasteiger charge is -2.16. The molecule has 0 bridgehead atoms. The maximum Gasteiger partial charge on any atom is 0.219 e. The van der Waals surface area contributed by atoms with Gasteiger partial charge in [0.2, 0.25) is 5.91 Å². The van der Waals surface area contributed by atoms with Crippen molar-refractivity contribution in [3.63, 3.8) is 0 Å². The molecule has 0 saturated carbocycles. The number of ketones is 1. The summed E-state index contributed by atoms with van der Waals surface area (Å²) in [5.74, 6) is 0.789. The fraction of sp³-hybridized carbons (Fsp3) is 0.467. The molecule has 2 rings (SSSR count). The van der Waals surface area contributed by atoms with E-state index >= 15 is 0 Å². The van der Waals surface area contributed by atoms with Gasteiger partial charge in [-0.1, -0.05) is 38.6 Å². The number of hydrogen-bond donors (Lipinski definition) is 1. The van der Waals surface area contributed by atoms with Gasteiger partial charge in [0, 0.05) is 18.4 Å². The summed E-state index contributed by atoms with van der Waals surface area (Å²) in [6, 6.07) is 3.88. The molecule has 1 amide bonds. The van der Waals surface area contributed by atoms with E-state index in [-0.39, 0.29) is 23.5 Å². The van der Waals surface area contributed by atoms with Gasteiger partial charge < -0.3 is 10.3 Å². The first-order valence-corrected chi connectivity index (χ1v) is 9.07. The topological polar surface area (TPSA) is 90.9 Å². The minimum absolute atomic E-state index is 0.143. The van der Waals surface area contributed by atoms with Crippen LogP contribution in [-0.4, -0.2) is 32.2 Å². The molecule has 23 heavy (non-hydrogen) atoms. The van der Waals surface area contributed by atoms with E-state index in [0.717, 1.165) is 4.88 Å². The van der Waals surface area contributed by atoms with Gasteiger partial charge in [0.05, 0.1) is 10.6 Å². The Morgan fingerprint density at radius 1 is 1.35 bits per heavy atom. The Labute approximate surface area is 143 Å².